The van der Waals surface area contributed by atoms with Crippen molar-refractivity contribution in [3.8, 4) is 0 Å². The van der Waals surface area contributed by atoms with Gasteiger partial charge in [-0.05, 0) is 55.3 Å². The summed E-state index contributed by atoms with van der Waals surface area (Å²) in [6.07, 6.45) is 0.640. The third-order valence-electron chi connectivity index (χ3n) is 3.51. The topological polar surface area (TPSA) is 53.5 Å². The first-order valence-corrected chi connectivity index (χ1v) is 8.79. The molecular weight excluding hydrogens is 390 g/mol. The van der Waals surface area contributed by atoms with Crippen molar-refractivity contribution in [2.75, 3.05) is 5.32 Å². The number of rotatable bonds is 6. The summed E-state index contributed by atoms with van der Waals surface area (Å²) in [6.45, 7) is 3.80. The van der Waals surface area contributed by atoms with Crippen LogP contribution in [-0.2, 0) is 4.79 Å². The maximum absolute atomic E-state index is 12.3. The van der Waals surface area contributed by atoms with Crippen LogP contribution in [0.5, 0.6) is 0 Å². The van der Waals surface area contributed by atoms with Gasteiger partial charge in [0.15, 0.2) is 0 Å². The van der Waals surface area contributed by atoms with E-state index in [-0.39, 0.29) is 11.9 Å². The first-order valence-electron chi connectivity index (χ1n) is 7.61. The Morgan fingerprint density at radius 2 is 1.79 bits per heavy atom. The third-order valence-corrected chi connectivity index (χ3v) is 4.29. The summed E-state index contributed by atoms with van der Waals surface area (Å²) in [5.41, 5.74) is 5.17. The minimum atomic E-state index is -0.368. The number of hydrogen-bond donors (Lipinski definition) is 2. The van der Waals surface area contributed by atoms with E-state index in [4.69, 9.17) is 11.6 Å². The zero-order chi connectivity index (χ0) is 17.5. The van der Waals surface area contributed by atoms with Gasteiger partial charge in [0.2, 0.25) is 0 Å². The molecule has 6 heteroatoms. The van der Waals surface area contributed by atoms with Crippen LogP contribution in [0.25, 0.3) is 0 Å². The van der Waals surface area contributed by atoms with Crippen molar-refractivity contribution in [2.24, 2.45) is 5.10 Å². The van der Waals surface area contributed by atoms with Crippen LogP contribution in [0.4, 0.5) is 5.69 Å². The summed E-state index contributed by atoms with van der Waals surface area (Å²) < 4.78 is 1.00. The summed E-state index contributed by atoms with van der Waals surface area (Å²) in [7, 11) is 0. The lowest BCUT2D eigenvalue weighted by Crippen LogP contribution is -2.37. The molecule has 24 heavy (non-hydrogen) atoms. The fraction of sp³-hybridized carbons (Fsp3) is 0.222. The van der Waals surface area contributed by atoms with Gasteiger partial charge < -0.3 is 5.32 Å². The number of hydrogen-bond acceptors (Lipinski definition) is 3. The maximum atomic E-state index is 12.3. The van der Waals surface area contributed by atoms with Crippen LogP contribution in [0, 0.1) is 0 Å². The Morgan fingerprint density at radius 1 is 1.17 bits per heavy atom. The largest absolute Gasteiger partial charge is 0.374 e. The fourth-order valence-corrected chi connectivity index (χ4v) is 2.46. The van der Waals surface area contributed by atoms with E-state index >= 15 is 0 Å². The SMILES string of the molecule is CC[C@H](Nc1ccc(Cl)cc1)C(=O)NN=C(C)c1ccc(Br)cc1. The zero-order valence-electron chi connectivity index (χ0n) is 13.5. The molecule has 126 valence electrons. The Kier molecular flexibility index (Phi) is 6.82. The summed E-state index contributed by atoms with van der Waals surface area (Å²) in [6, 6.07) is 14.6. The molecule has 0 aliphatic rings. The molecule has 2 aromatic rings. The standard InChI is InChI=1S/C18H19BrClN3O/c1-3-17(21-16-10-8-15(20)9-11-16)18(24)23-22-12(2)13-4-6-14(19)7-5-13/h4-11,17,21H,3H2,1-2H3,(H,23,24)/t17-/m0/s1. The Labute approximate surface area is 155 Å². The van der Waals surface area contributed by atoms with E-state index in [9.17, 15) is 4.79 Å². The number of halogens is 2. The number of carbonyl (C=O) groups is 1. The molecule has 0 aliphatic heterocycles. The summed E-state index contributed by atoms with van der Waals surface area (Å²) >= 11 is 9.26. The van der Waals surface area contributed by atoms with Gasteiger partial charge >= 0.3 is 0 Å². The molecular formula is C18H19BrClN3O. The van der Waals surface area contributed by atoms with Crippen LogP contribution in [0.2, 0.25) is 5.02 Å². The average Bonchev–Trinajstić information content (AvgIpc) is 2.59. The molecule has 4 nitrogen and oxygen atoms in total. The predicted molar refractivity (Wildman–Crippen MR) is 104 cm³/mol. The Balaban J connectivity index is 1.99. The van der Waals surface area contributed by atoms with Gasteiger partial charge in [-0.3, -0.25) is 4.79 Å². The van der Waals surface area contributed by atoms with Crippen molar-refractivity contribution in [3.05, 3.63) is 63.6 Å². The second-order valence-corrected chi connectivity index (χ2v) is 6.64. The van der Waals surface area contributed by atoms with Crippen molar-refractivity contribution in [1.29, 1.82) is 0 Å². The molecule has 0 heterocycles. The molecule has 0 saturated heterocycles. The van der Waals surface area contributed by atoms with Crippen molar-refractivity contribution >= 4 is 44.8 Å². The van der Waals surface area contributed by atoms with Crippen LogP contribution in [0.15, 0.2) is 58.1 Å². The van der Waals surface area contributed by atoms with Crippen LogP contribution in [-0.4, -0.2) is 17.7 Å². The molecule has 0 bridgehead atoms. The highest BCUT2D eigenvalue weighted by molar-refractivity contribution is 9.10. The lowest BCUT2D eigenvalue weighted by atomic mass is 10.1. The number of nitrogens with zero attached hydrogens (tertiary/aromatic N) is 1. The van der Waals surface area contributed by atoms with Gasteiger partial charge in [0, 0.05) is 15.2 Å². The second-order valence-electron chi connectivity index (χ2n) is 5.29. The van der Waals surface area contributed by atoms with Gasteiger partial charge in [0.05, 0.1) is 5.71 Å². The first kappa shape index (κ1) is 18.5. The molecule has 2 aromatic carbocycles. The fourth-order valence-electron chi connectivity index (χ4n) is 2.07. The number of nitrogens with one attached hydrogen (secondary N) is 2. The van der Waals surface area contributed by atoms with Crippen LogP contribution in [0.1, 0.15) is 25.8 Å². The minimum absolute atomic E-state index is 0.177. The zero-order valence-corrected chi connectivity index (χ0v) is 15.9. The molecule has 1 amide bonds. The summed E-state index contributed by atoms with van der Waals surface area (Å²) in [4.78, 5) is 12.3. The highest BCUT2D eigenvalue weighted by Crippen LogP contribution is 2.15. The Hall–Kier alpha value is -1.85. The lowest BCUT2D eigenvalue weighted by Gasteiger charge is -2.16. The van der Waals surface area contributed by atoms with Gasteiger partial charge in [-0.1, -0.05) is 46.6 Å². The number of hydrazone groups is 1. The maximum Gasteiger partial charge on any atom is 0.262 e. The van der Waals surface area contributed by atoms with Crippen LogP contribution < -0.4 is 10.7 Å². The molecule has 0 radical (unpaired) electrons. The highest BCUT2D eigenvalue weighted by atomic mass is 79.9. The van der Waals surface area contributed by atoms with Gasteiger partial charge in [-0.25, -0.2) is 5.43 Å². The van der Waals surface area contributed by atoms with Crippen LogP contribution >= 0.6 is 27.5 Å². The average molecular weight is 409 g/mol. The highest BCUT2D eigenvalue weighted by Gasteiger charge is 2.15. The molecule has 0 unspecified atom stereocenters. The Morgan fingerprint density at radius 3 is 2.38 bits per heavy atom. The predicted octanol–water partition coefficient (Wildman–Crippen LogP) is 4.83. The van der Waals surface area contributed by atoms with E-state index in [1.807, 2.05) is 50.2 Å². The summed E-state index contributed by atoms with van der Waals surface area (Å²) in [5, 5.41) is 8.03. The molecule has 0 aromatic heterocycles. The monoisotopic (exact) mass is 407 g/mol. The molecule has 2 N–H and O–H groups in total. The Bertz CT molecular complexity index is 714. The number of carbonyl (C=O) groups excluding carboxylic acids is 1. The minimum Gasteiger partial charge on any atom is -0.374 e. The van der Waals surface area contributed by atoms with Crippen molar-refractivity contribution < 1.29 is 4.79 Å². The van der Waals surface area contributed by atoms with Gasteiger partial charge in [-0.15, -0.1) is 0 Å². The van der Waals surface area contributed by atoms with Crippen LogP contribution in [0.3, 0.4) is 0 Å². The molecule has 0 aliphatic carbocycles. The molecule has 2 rings (SSSR count). The molecule has 0 spiro atoms. The molecule has 1 atom stereocenters. The smallest absolute Gasteiger partial charge is 0.262 e. The number of amides is 1. The second kappa shape index (κ2) is 8.85. The van der Waals surface area contributed by atoms with E-state index in [0.29, 0.717) is 11.4 Å². The van der Waals surface area contributed by atoms with Crippen molar-refractivity contribution in [3.63, 3.8) is 0 Å². The lowest BCUT2D eigenvalue weighted by molar-refractivity contribution is -0.121. The number of benzene rings is 2. The van der Waals surface area contributed by atoms with E-state index in [0.717, 1.165) is 21.4 Å². The quantitative estimate of drug-likeness (QED) is 0.531. The third kappa shape index (κ3) is 5.35. The van der Waals surface area contributed by atoms with Gasteiger partial charge in [-0.2, -0.15) is 5.10 Å². The van der Waals surface area contributed by atoms with E-state index in [1.54, 1.807) is 12.1 Å². The van der Waals surface area contributed by atoms with Crippen molar-refractivity contribution in [1.82, 2.24) is 5.43 Å². The molecule has 0 fully saturated rings. The normalized spacial score (nSPS) is 12.6. The number of anilines is 1. The van der Waals surface area contributed by atoms with E-state index in [2.05, 4.69) is 31.8 Å². The summed E-state index contributed by atoms with van der Waals surface area (Å²) in [5.74, 6) is -0.177. The van der Waals surface area contributed by atoms with Gasteiger partial charge in [0.25, 0.3) is 5.91 Å². The molecule has 0 saturated carbocycles. The van der Waals surface area contributed by atoms with E-state index < -0.39 is 0 Å². The van der Waals surface area contributed by atoms with Gasteiger partial charge in [0.1, 0.15) is 6.04 Å². The first-order chi connectivity index (χ1) is 11.5. The van der Waals surface area contributed by atoms with Crippen molar-refractivity contribution in [2.45, 2.75) is 26.3 Å². The van der Waals surface area contributed by atoms with E-state index in [1.165, 1.54) is 0 Å².